The molecule has 0 bridgehead atoms. The van der Waals surface area contributed by atoms with E-state index in [4.69, 9.17) is 0 Å². The van der Waals surface area contributed by atoms with Crippen molar-refractivity contribution < 1.29 is 4.79 Å². The molecule has 1 fully saturated rings. The highest BCUT2D eigenvalue weighted by Gasteiger charge is 2.19. The van der Waals surface area contributed by atoms with Crippen LogP contribution in [0.15, 0.2) is 55.0 Å². The van der Waals surface area contributed by atoms with Crippen molar-refractivity contribution in [2.75, 3.05) is 13.1 Å². The summed E-state index contributed by atoms with van der Waals surface area (Å²) in [7, 11) is 0. The van der Waals surface area contributed by atoms with Crippen molar-refractivity contribution in [2.24, 2.45) is 0 Å². The number of aromatic nitrogens is 3. The summed E-state index contributed by atoms with van der Waals surface area (Å²) in [5.74, 6) is 1.21. The largest absolute Gasteiger partial charge is 0.343 e. The molecule has 1 aliphatic rings. The third-order valence-electron chi connectivity index (χ3n) is 5.09. The summed E-state index contributed by atoms with van der Waals surface area (Å²) in [6, 6.07) is 12.4. The molecule has 0 N–H and O–H groups in total. The van der Waals surface area contributed by atoms with Crippen LogP contribution >= 0.6 is 0 Å². The lowest BCUT2D eigenvalue weighted by molar-refractivity contribution is -0.127. The summed E-state index contributed by atoms with van der Waals surface area (Å²) in [5.41, 5.74) is 4.30. The zero-order valence-corrected chi connectivity index (χ0v) is 15.6. The Hall–Kier alpha value is -2.95. The van der Waals surface area contributed by atoms with Gasteiger partial charge in [-0.25, -0.2) is 4.98 Å². The molecule has 27 heavy (non-hydrogen) atoms. The van der Waals surface area contributed by atoms with Crippen LogP contribution in [0.1, 0.15) is 24.8 Å². The van der Waals surface area contributed by atoms with E-state index in [1.165, 1.54) is 5.56 Å². The number of carbonyl (C=O) groups is 1. The Morgan fingerprint density at radius 3 is 2.67 bits per heavy atom. The molecule has 1 saturated heterocycles. The van der Waals surface area contributed by atoms with Gasteiger partial charge < -0.3 is 9.47 Å². The number of amides is 1. The summed E-state index contributed by atoms with van der Waals surface area (Å²) in [6.45, 7) is 4.63. The fourth-order valence-electron chi connectivity index (χ4n) is 3.63. The molecule has 0 radical (unpaired) electrons. The standard InChI is InChI=1S/C22H24N4O/c1-17-7-9-18(10-8-17)21-19(5-2-11-23-21)22-24-12-16-26(22)15-4-14-25-13-3-6-20(25)27/h2,5,7-12,16H,3-4,6,13-15H2,1H3. The maximum absolute atomic E-state index is 11.8. The number of imidazole rings is 1. The zero-order chi connectivity index (χ0) is 18.6. The van der Waals surface area contributed by atoms with E-state index in [-0.39, 0.29) is 5.91 Å². The van der Waals surface area contributed by atoms with E-state index < -0.39 is 0 Å². The molecule has 0 unspecified atom stereocenters. The van der Waals surface area contributed by atoms with Gasteiger partial charge in [-0.3, -0.25) is 9.78 Å². The highest BCUT2D eigenvalue weighted by molar-refractivity contribution is 5.78. The smallest absolute Gasteiger partial charge is 0.222 e. The average molecular weight is 360 g/mol. The SMILES string of the molecule is Cc1ccc(-c2ncccc2-c2nccn2CCCN2CCCC2=O)cc1. The Balaban J connectivity index is 1.55. The molecule has 0 aliphatic carbocycles. The fraction of sp³-hybridized carbons (Fsp3) is 0.318. The molecule has 1 amide bonds. The summed E-state index contributed by atoms with van der Waals surface area (Å²) in [6.07, 6.45) is 8.28. The first kappa shape index (κ1) is 17.5. The van der Waals surface area contributed by atoms with Gasteiger partial charge in [-0.2, -0.15) is 0 Å². The van der Waals surface area contributed by atoms with E-state index in [9.17, 15) is 4.79 Å². The minimum Gasteiger partial charge on any atom is -0.343 e. The fourth-order valence-corrected chi connectivity index (χ4v) is 3.63. The lowest BCUT2D eigenvalue weighted by Crippen LogP contribution is -2.26. The Morgan fingerprint density at radius 1 is 1.04 bits per heavy atom. The van der Waals surface area contributed by atoms with E-state index in [1.807, 2.05) is 29.6 Å². The Bertz CT molecular complexity index is 929. The second-order valence-electron chi connectivity index (χ2n) is 7.05. The van der Waals surface area contributed by atoms with Gasteiger partial charge in [-0.05, 0) is 31.9 Å². The lowest BCUT2D eigenvalue weighted by Gasteiger charge is -2.16. The monoisotopic (exact) mass is 360 g/mol. The summed E-state index contributed by atoms with van der Waals surface area (Å²) in [4.78, 5) is 23.0. The number of pyridine rings is 1. The maximum Gasteiger partial charge on any atom is 0.222 e. The van der Waals surface area contributed by atoms with Crippen LogP contribution < -0.4 is 0 Å². The number of rotatable bonds is 6. The third kappa shape index (κ3) is 3.77. The molecule has 0 saturated carbocycles. The lowest BCUT2D eigenvalue weighted by atomic mass is 10.0. The van der Waals surface area contributed by atoms with Gasteiger partial charge in [0.1, 0.15) is 5.82 Å². The first-order valence-electron chi connectivity index (χ1n) is 9.54. The minimum absolute atomic E-state index is 0.287. The topological polar surface area (TPSA) is 51.0 Å². The normalized spacial score (nSPS) is 14.1. The first-order valence-corrected chi connectivity index (χ1v) is 9.54. The van der Waals surface area contributed by atoms with Crippen molar-refractivity contribution in [3.63, 3.8) is 0 Å². The number of hydrogen-bond donors (Lipinski definition) is 0. The number of aryl methyl sites for hydroxylation is 2. The van der Waals surface area contributed by atoms with Crippen molar-refractivity contribution in [3.8, 4) is 22.6 Å². The highest BCUT2D eigenvalue weighted by Crippen LogP contribution is 2.29. The van der Waals surface area contributed by atoms with Gasteiger partial charge in [0.25, 0.3) is 0 Å². The van der Waals surface area contributed by atoms with Gasteiger partial charge in [0, 0.05) is 55.8 Å². The molecule has 2 aromatic heterocycles. The predicted octanol–water partition coefficient (Wildman–Crippen LogP) is 3.93. The molecule has 3 heterocycles. The molecule has 138 valence electrons. The van der Waals surface area contributed by atoms with Gasteiger partial charge in [-0.15, -0.1) is 0 Å². The van der Waals surface area contributed by atoms with Crippen LogP contribution in [0, 0.1) is 6.92 Å². The van der Waals surface area contributed by atoms with Gasteiger partial charge in [0.05, 0.1) is 5.69 Å². The van der Waals surface area contributed by atoms with E-state index >= 15 is 0 Å². The quantitative estimate of drug-likeness (QED) is 0.669. The highest BCUT2D eigenvalue weighted by atomic mass is 16.2. The molecule has 5 heteroatoms. The summed E-state index contributed by atoms with van der Waals surface area (Å²) < 4.78 is 2.16. The van der Waals surface area contributed by atoms with E-state index in [0.717, 1.165) is 55.1 Å². The van der Waals surface area contributed by atoms with Crippen LogP contribution in [0.5, 0.6) is 0 Å². The zero-order valence-electron chi connectivity index (χ0n) is 15.6. The number of hydrogen-bond acceptors (Lipinski definition) is 3. The number of benzene rings is 1. The van der Waals surface area contributed by atoms with E-state index in [2.05, 4.69) is 51.8 Å². The molecule has 1 aliphatic heterocycles. The van der Waals surface area contributed by atoms with Crippen LogP contribution in [0.2, 0.25) is 0 Å². The molecule has 4 rings (SSSR count). The molecule has 0 spiro atoms. The maximum atomic E-state index is 11.8. The molecule has 0 atom stereocenters. The molecule has 1 aromatic carbocycles. The average Bonchev–Trinajstić information content (AvgIpc) is 3.32. The van der Waals surface area contributed by atoms with Crippen molar-refractivity contribution in [1.29, 1.82) is 0 Å². The van der Waals surface area contributed by atoms with Gasteiger partial charge in [0.15, 0.2) is 0 Å². The van der Waals surface area contributed by atoms with Crippen LogP contribution in [-0.4, -0.2) is 38.4 Å². The Morgan fingerprint density at radius 2 is 1.89 bits per heavy atom. The third-order valence-corrected chi connectivity index (χ3v) is 5.09. The second-order valence-corrected chi connectivity index (χ2v) is 7.05. The van der Waals surface area contributed by atoms with Crippen molar-refractivity contribution >= 4 is 5.91 Å². The van der Waals surface area contributed by atoms with Crippen LogP contribution in [0.25, 0.3) is 22.6 Å². The minimum atomic E-state index is 0.287. The van der Waals surface area contributed by atoms with Crippen molar-refractivity contribution in [3.05, 3.63) is 60.6 Å². The number of likely N-dealkylation sites (tertiary alicyclic amines) is 1. The number of nitrogens with zero attached hydrogens (tertiary/aromatic N) is 4. The molecule has 3 aromatic rings. The van der Waals surface area contributed by atoms with Crippen LogP contribution in [0.4, 0.5) is 0 Å². The Labute approximate surface area is 159 Å². The van der Waals surface area contributed by atoms with Gasteiger partial charge in [-0.1, -0.05) is 29.8 Å². The van der Waals surface area contributed by atoms with Crippen LogP contribution in [-0.2, 0) is 11.3 Å². The first-order chi connectivity index (χ1) is 13.2. The van der Waals surface area contributed by atoms with Gasteiger partial charge in [0.2, 0.25) is 5.91 Å². The van der Waals surface area contributed by atoms with E-state index in [0.29, 0.717) is 6.42 Å². The summed E-state index contributed by atoms with van der Waals surface area (Å²) in [5, 5.41) is 0. The van der Waals surface area contributed by atoms with E-state index in [1.54, 1.807) is 0 Å². The molecule has 5 nitrogen and oxygen atoms in total. The van der Waals surface area contributed by atoms with Crippen LogP contribution in [0.3, 0.4) is 0 Å². The second kappa shape index (κ2) is 7.74. The van der Waals surface area contributed by atoms with Crippen molar-refractivity contribution in [1.82, 2.24) is 19.4 Å². The predicted molar refractivity (Wildman–Crippen MR) is 106 cm³/mol. The van der Waals surface area contributed by atoms with Gasteiger partial charge >= 0.3 is 0 Å². The van der Waals surface area contributed by atoms with Crippen molar-refractivity contribution in [2.45, 2.75) is 32.7 Å². The number of carbonyl (C=O) groups excluding carboxylic acids is 1. The molecular weight excluding hydrogens is 336 g/mol. The molecular formula is C22H24N4O. The Kier molecular flexibility index (Phi) is 5.01. The summed E-state index contributed by atoms with van der Waals surface area (Å²) >= 11 is 0.